The van der Waals surface area contributed by atoms with Crippen molar-refractivity contribution in [1.29, 1.82) is 0 Å². The Bertz CT molecular complexity index is 839. The van der Waals surface area contributed by atoms with Crippen molar-refractivity contribution in [3.8, 4) is 0 Å². The molecule has 3 fully saturated rings. The van der Waals surface area contributed by atoms with Gasteiger partial charge in [0.25, 0.3) is 0 Å². The fourth-order valence-electron chi connectivity index (χ4n) is 5.02. The minimum absolute atomic E-state index is 0.0163. The van der Waals surface area contributed by atoms with Crippen LogP contribution in [0.15, 0.2) is 29.2 Å². The fraction of sp³-hybridized carbons (Fsp3) is 0.667. The van der Waals surface area contributed by atoms with Gasteiger partial charge < -0.3 is 4.90 Å². The number of hydrogen-bond donors (Lipinski definition) is 0. The molecular weight excluding hydrogens is 393 g/mol. The Balaban J connectivity index is 1.29. The topological polar surface area (TPSA) is 60.9 Å². The first kappa shape index (κ1) is 20.8. The molecule has 0 radical (unpaired) electrons. The van der Waals surface area contributed by atoms with E-state index in [1.807, 2.05) is 9.80 Å². The van der Waals surface area contributed by atoms with E-state index in [1.54, 1.807) is 0 Å². The number of fused-ring (bicyclic) bond motifs is 1. The molecular formula is C21H30FN3O3S. The molecule has 0 N–H and O–H groups in total. The minimum Gasteiger partial charge on any atom is -0.341 e. The van der Waals surface area contributed by atoms with Crippen LogP contribution < -0.4 is 0 Å². The van der Waals surface area contributed by atoms with E-state index in [0.717, 1.165) is 31.5 Å². The first-order chi connectivity index (χ1) is 13.9. The molecule has 1 aromatic carbocycles. The summed E-state index contributed by atoms with van der Waals surface area (Å²) in [7, 11) is -3.70. The number of amides is 1. The van der Waals surface area contributed by atoms with Gasteiger partial charge in [-0.05, 0) is 42.9 Å². The molecule has 0 bridgehead atoms. The molecule has 4 rings (SSSR count). The number of nitrogens with zero attached hydrogens (tertiary/aromatic N) is 3. The Labute approximate surface area is 172 Å². The lowest BCUT2D eigenvalue weighted by atomic mass is 9.75. The average molecular weight is 424 g/mol. The highest BCUT2D eigenvalue weighted by molar-refractivity contribution is 7.89. The first-order valence-electron chi connectivity index (χ1n) is 10.7. The van der Waals surface area contributed by atoms with Crippen LogP contribution in [0.25, 0.3) is 0 Å². The molecule has 2 atom stereocenters. The monoisotopic (exact) mass is 423 g/mol. The van der Waals surface area contributed by atoms with Crippen molar-refractivity contribution in [2.24, 2.45) is 11.8 Å². The van der Waals surface area contributed by atoms with Gasteiger partial charge in [-0.25, -0.2) is 12.8 Å². The Morgan fingerprint density at radius 3 is 2.45 bits per heavy atom. The molecule has 1 aliphatic carbocycles. The number of carbonyl (C=O) groups is 1. The predicted molar refractivity (Wildman–Crippen MR) is 108 cm³/mol. The molecule has 1 aromatic rings. The number of hydrogen-bond acceptors (Lipinski definition) is 4. The molecule has 0 unspecified atom stereocenters. The molecule has 1 amide bonds. The normalized spacial score (nSPS) is 26.9. The summed E-state index contributed by atoms with van der Waals surface area (Å²) in [6.07, 6.45) is 6.29. The van der Waals surface area contributed by atoms with Crippen molar-refractivity contribution in [2.75, 3.05) is 45.8 Å². The van der Waals surface area contributed by atoms with Gasteiger partial charge in [-0.1, -0.05) is 25.3 Å². The highest BCUT2D eigenvalue weighted by atomic mass is 32.2. The average Bonchev–Trinajstić information content (AvgIpc) is 2.74. The lowest BCUT2D eigenvalue weighted by molar-refractivity contribution is -0.135. The third-order valence-electron chi connectivity index (χ3n) is 6.77. The van der Waals surface area contributed by atoms with Crippen molar-refractivity contribution in [1.82, 2.24) is 14.1 Å². The first-order valence-corrected chi connectivity index (χ1v) is 12.1. The molecule has 160 valence electrons. The van der Waals surface area contributed by atoms with Crippen LogP contribution in [0.1, 0.15) is 32.1 Å². The van der Waals surface area contributed by atoms with Gasteiger partial charge in [-0.3, -0.25) is 9.69 Å². The Morgan fingerprint density at radius 1 is 1.00 bits per heavy atom. The number of sulfonamides is 1. The molecule has 2 aliphatic heterocycles. The number of piperazine rings is 1. The number of carbonyl (C=O) groups excluding carboxylic acids is 1. The van der Waals surface area contributed by atoms with E-state index >= 15 is 0 Å². The number of benzene rings is 1. The summed E-state index contributed by atoms with van der Waals surface area (Å²) in [5, 5.41) is 0. The summed E-state index contributed by atoms with van der Waals surface area (Å²) in [6.45, 7) is 3.75. The highest BCUT2D eigenvalue weighted by Crippen LogP contribution is 2.36. The van der Waals surface area contributed by atoms with Gasteiger partial charge in [0.15, 0.2) is 0 Å². The Kier molecular flexibility index (Phi) is 6.22. The highest BCUT2D eigenvalue weighted by Gasteiger charge is 2.34. The lowest BCUT2D eigenvalue weighted by Gasteiger charge is -2.42. The van der Waals surface area contributed by atoms with Gasteiger partial charge >= 0.3 is 0 Å². The largest absolute Gasteiger partial charge is 0.341 e. The van der Waals surface area contributed by atoms with Gasteiger partial charge in [0.05, 0.1) is 11.4 Å². The second-order valence-corrected chi connectivity index (χ2v) is 10.5. The summed E-state index contributed by atoms with van der Waals surface area (Å²) in [5.74, 6) is 1.06. The molecule has 8 heteroatoms. The molecule has 29 heavy (non-hydrogen) atoms. The standard InChI is InChI=1S/C21H30FN3O3S/c22-19-6-3-7-20(14-19)29(27,28)25-12-10-23(11-13-25)16-21(26)24-9-8-17-4-1-2-5-18(17)15-24/h3,6-7,14,17-18H,1-2,4-5,8-13,15-16H2/t17-,18-/m1/s1. The minimum atomic E-state index is -3.70. The molecule has 0 spiro atoms. The van der Waals surface area contributed by atoms with Crippen LogP contribution in [-0.2, 0) is 14.8 Å². The van der Waals surface area contributed by atoms with E-state index in [1.165, 1.54) is 48.2 Å². The SMILES string of the molecule is O=C(CN1CCN(S(=O)(=O)c2cccc(F)c2)CC1)N1CC[C@H]2CCCC[C@@H]2C1. The quantitative estimate of drug-likeness (QED) is 0.745. The van der Waals surface area contributed by atoms with Crippen LogP contribution >= 0.6 is 0 Å². The van der Waals surface area contributed by atoms with Crippen LogP contribution in [0, 0.1) is 17.7 Å². The summed E-state index contributed by atoms with van der Waals surface area (Å²) < 4.78 is 40.2. The van der Waals surface area contributed by atoms with Crippen LogP contribution in [-0.4, -0.2) is 74.2 Å². The van der Waals surface area contributed by atoms with Crippen molar-refractivity contribution >= 4 is 15.9 Å². The van der Waals surface area contributed by atoms with Crippen LogP contribution in [0.5, 0.6) is 0 Å². The van der Waals surface area contributed by atoms with E-state index < -0.39 is 15.8 Å². The van der Waals surface area contributed by atoms with Gasteiger partial charge in [0.1, 0.15) is 5.82 Å². The molecule has 2 heterocycles. The molecule has 1 saturated carbocycles. The lowest BCUT2D eigenvalue weighted by Crippen LogP contribution is -2.53. The van der Waals surface area contributed by atoms with Gasteiger partial charge in [-0.15, -0.1) is 0 Å². The second kappa shape index (κ2) is 8.70. The van der Waals surface area contributed by atoms with E-state index in [2.05, 4.69) is 0 Å². The van der Waals surface area contributed by atoms with Crippen molar-refractivity contribution in [2.45, 2.75) is 37.0 Å². The number of rotatable bonds is 4. The Morgan fingerprint density at radius 2 is 1.72 bits per heavy atom. The van der Waals surface area contributed by atoms with Crippen LogP contribution in [0.2, 0.25) is 0 Å². The maximum atomic E-state index is 13.4. The molecule has 0 aromatic heterocycles. The summed E-state index contributed by atoms with van der Waals surface area (Å²) in [5.41, 5.74) is 0. The molecule has 3 aliphatic rings. The van der Waals surface area contributed by atoms with Gasteiger partial charge in [0, 0.05) is 39.3 Å². The summed E-state index contributed by atoms with van der Waals surface area (Å²) in [6, 6.07) is 5.12. The smallest absolute Gasteiger partial charge is 0.243 e. The third-order valence-corrected chi connectivity index (χ3v) is 8.66. The van der Waals surface area contributed by atoms with Crippen LogP contribution in [0.3, 0.4) is 0 Å². The second-order valence-electron chi connectivity index (χ2n) is 8.57. The van der Waals surface area contributed by atoms with E-state index in [-0.39, 0.29) is 10.8 Å². The van der Waals surface area contributed by atoms with E-state index in [4.69, 9.17) is 0 Å². The zero-order valence-electron chi connectivity index (χ0n) is 16.8. The van der Waals surface area contributed by atoms with Gasteiger partial charge in [-0.2, -0.15) is 4.31 Å². The van der Waals surface area contributed by atoms with Gasteiger partial charge in [0.2, 0.25) is 15.9 Å². The summed E-state index contributed by atoms with van der Waals surface area (Å²) in [4.78, 5) is 16.8. The maximum Gasteiger partial charge on any atom is 0.243 e. The van der Waals surface area contributed by atoms with E-state index in [9.17, 15) is 17.6 Å². The number of halogens is 1. The van der Waals surface area contributed by atoms with Crippen molar-refractivity contribution < 1.29 is 17.6 Å². The van der Waals surface area contributed by atoms with Crippen molar-refractivity contribution in [3.63, 3.8) is 0 Å². The number of likely N-dealkylation sites (tertiary alicyclic amines) is 1. The zero-order chi connectivity index (χ0) is 20.4. The Hall–Kier alpha value is -1.51. The maximum absolute atomic E-state index is 13.4. The third kappa shape index (κ3) is 4.64. The predicted octanol–water partition coefficient (Wildman–Crippen LogP) is 2.17. The zero-order valence-corrected chi connectivity index (χ0v) is 17.6. The van der Waals surface area contributed by atoms with Crippen molar-refractivity contribution in [3.05, 3.63) is 30.1 Å². The molecule has 6 nitrogen and oxygen atoms in total. The molecule has 2 saturated heterocycles. The van der Waals surface area contributed by atoms with E-state index in [0.29, 0.717) is 38.6 Å². The summed E-state index contributed by atoms with van der Waals surface area (Å²) >= 11 is 0. The fourth-order valence-corrected chi connectivity index (χ4v) is 6.48. The van der Waals surface area contributed by atoms with Crippen LogP contribution in [0.4, 0.5) is 4.39 Å². The number of piperidine rings is 1.